The summed E-state index contributed by atoms with van der Waals surface area (Å²) in [5.41, 5.74) is 1.76. The van der Waals surface area contributed by atoms with Crippen molar-refractivity contribution in [2.75, 3.05) is 17.8 Å². The number of hydrogen-bond donors (Lipinski definition) is 1. The first kappa shape index (κ1) is 15.0. The molecule has 0 aliphatic carbocycles. The third-order valence-electron chi connectivity index (χ3n) is 3.23. The van der Waals surface area contributed by atoms with E-state index in [-0.39, 0.29) is 23.8 Å². The van der Waals surface area contributed by atoms with Gasteiger partial charge in [0.15, 0.2) is 0 Å². The largest absolute Gasteiger partial charge is 0.492 e. The van der Waals surface area contributed by atoms with Crippen LogP contribution in [-0.2, 0) is 11.2 Å². The summed E-state index contributed by atoms with van der Waals surface area (Å²) in [6.07, 6.45) is 1.02. The molecule has 5 heteroatoms. The fourth-order valence-corrected chi connectivity index (χ4v) is 2.28. The van der Waals surface area contributed by atoms with Crippen LogP contribution in [0, 0.1) is 5.92 Å². The minimum absolute atomic E-state index is 0.119. The number of rotatable bonds is 5. The van der Waals surface area contributed by atoms with Gasteiger partial charge in [-0.25, -0.2) is 0 Å². The molecule has 1 aromatic carbocycles. The van der Waals surface area contributed by atoms with Crippen LogP contribution >= 0.6 is 11.6 Å². The van der Waals surface area contributed by atoms with Gasteiger partial charge in [0, 0.05) is 29.8 Å². The highest BCUT2D eigenvalue weighted by atomic mass is 35.5. The summed E-state index contributed by atoms with van der Waals surface area (Å²) in [6.45, 7) is 6.27. The van der Waals surface area contributed by atoms with Crippen LogP contribution in [0.15, 0.2) is 12.1 Å². The zero-order chi connectivity index (χ0) is 14.7. The molecule has 0 aromatic heterocycles. The number of amides is 1. The highest BCUT2D eigenvalue weighted by Gasteiger charge is 2.23. The van der Waals surface area contributed by atoms with Gasteiger partial charge in [-0.3, -0.25) is 4.79 Å². The number of fused-ring (bicyclic) bond motifs is 1. The Labute approximate surface area is 124 Å². The van der Waals surface area contributed by atoms with E-state index in [0.717, 1.165) is 17.7 Å². The molecule has 1 aliphatic heterocycles. The van der Waals surface area contributed by atoms with Gasteiger partial charge in [-0.2, -0.15) is 0 Å². The molecule has 0 bridgehead atoms. The second kappa shape index (κ2) is 6.35. The van der Waals surface area contributed by atoms with E-state index in [9.17, 15) is 4.79 Å². The fourth-order valence-electron chi connectivity index (χ4n) is 2.14. The van der Waals surface area contributed by atoms with E-state index in [2.05, 4.69) is 5.32 Å². The van der Waals surface area contributed by atoms with Gasteiger partial charge in [-0.1, -0.05) is 6.92 Å². The molecule has 1 N–H and O–H groups in total. The van der Waals surface area contributed by atoms with E-state index in [1.54, 1.807) is 6.92 Å². The molecule has 2 rings (SSSR count). The van der Waals surface area contributed by atoms with Crippen molar-refractivity contribution in [2.24, 2.45) is 5.92 Å². The van der Waals surface area contributed by atoms with E-state index in [1.807, 2.05) is 26.0 Å². The maximum absolute atomic E-state index is 12.0. The summed E-state index contributed by atoms with van der Waals surface area (Å²) < 4.78 is 11.3. The summed E-state index contributed by atoms with van der Waals surface area (Å²) in [4.78, 5) is 12.0. The minimum Gasteiger partial charge on any atom is -0.492 e. The predicted molar refractivity (Wildman–Crippen MR) is 79.9 cm³/mol. The molecular formula is C15H20ClNO3. The first-order chi connectivity index (χ1) is 9.55. The molecule has 1 heterocycles. The van der Waals surface area contributed by atoms with Gasteiger partial charge in [-0.15, -0.1) is 11.6 Å². The zero-order valence-electron chi connectivity index (χ0n) is 12.0. The van der Waals surface area contributed by atoms with Gasteiger partial charge in [-0.05, 0) is 19.9 Å². The number of alkyl halides is 1. The highest BCUT2D eigenvalue weighted by molar-refractivity contribution is 6.19. The topological polar surface area (TPSA) is 47.6 Å². The van der Waals surface area contributed by atoms with E-state index in [1.165, 1.54) is 0 Å². The molecule has 2 unspecified atom stereocenters. The smallest absolute Gasteiger partial charge is 0.228 e. The molecule has 0 spiro atoms. The Morgan fingerprint density at radius 2 is 2.35 bits per heavy atom. The lowest BCUT2D eigenvalue weighted by molar-refractivity contribution is -0.118. The summed E-state index contributed by atoms with van der Waals surface area (Å²) in [5.74, 6) is 1.41. The van der Waals surface area contributed by atoms with Gasteiger partial charge >= 0.3 is 0 Å². The van der Waals surface area contributed by atoms with Crippen molar-refractivity contribution >= 4 is 23.2 Å². The van der Waals surface area contributed by atoms with Crippen LogP contribution in [0.25, 0.3) is 0 Å². The van der Waals surface area contributed by atoms with E-state index < -0.39 is 0 Å². The van der Waals surface area contributed by atoms with Gasteiger partial charge in [0.05, 0.1) is 12.3 Å². The van der Waals surface area contributed by atoms with Gasteiger partial charge in [0.25, 0.3) is 0 Å². The van der Waals surface area contributed by atoms with E-state index >= 15 is 0 Å². The molecule has 0 radical (unpaired) electrons. The number of ether oxygens (including phenoxy) is 2. The first-order valence-corrected chi connectivity index (χ1v) is 7.41. The number of halogens is 1. The quantitative estimate of drug-likeness (QED) is 0.849. The number of nitrogens with one attached hydrogen (secondary N) is 1. The van der Waals surface area contributed by atoms with E-state index in [0.29, 0.717) is 18.0 Å². The molecule has 20 heavy (non-hydrogen) atoms. The maximum Gasteiger partial charge on any atom is 0.228 e. The maximum atomic E-state index is 12.0. The molecule has 0 saturated heterocycles. The SMILES string of the molecule is CCOc1cc2c(cc1NC(=O)C(C)CCl)OC(C)C2. The second-order valence-electron chi connectivity index (χ2n) is 5.07. The zero-order valence-corrected chi connectivity index (χ0v) is 12.8. The van der Waals surface area contributed by atoms with Crippen LogP contribution in [-0.4, -0.2) is 24.5 Å². The Morgan fingerprint density at radius 3 is 3.00 bits per heavy atom. The fraction of sp³-hybridized carbons (Fsp3) is 0.533. The number of carbonyl (C=O) groups excluding carboxylic acids is 1. The second-order valence-corrected chi connectivity index (χ2v) is 5.37. The molecule has 4 nitrogen and oxygen atoms in total. The average Bonchev–Trinajstić information content (AvgIpc) is 2.77. The van der Waals surface area contributed by atoms with Crippen LogP contribution in [0.2, 0.25) is 0 Å². The number of carbonyl (C=O) groups is 1. The summed E-state index contributed by atoms with van der Waals surface area (Å²) in [5, 5.41) is 2.86. The minimum atomic E-state index is -0.251. The van der Waals surface area contributed by atoms with Gasteiger partial charge in [0.1, 0.15) is 17.6 Å². The lowest BCUT2D eigenvalue weighted by Gasteiger charge is -2.15. The van der Waals surface area contributed by atoms with Crippen LogP contribution in [0.3, 0.4) is 0 Å². The lowest BCUT2D eigenvalue weighted by atomic mass is 10.1. The monoisotopic (exact) mass is 297 g/mol. The van der Waals surface area contributed by atoms with Crippen LogP contribution in [0.5, 0.6) is 11.5 Å². The van der Waals surface area contributed by atoms with Gasteiger partial charge in [0.2, 0.25) is 5.91 Å². The number of hydrogen-bond acceptors (Lipinski definition) is 3. The third-order valence-corrected chi connectivity index (χ3v) is 3.70. The highest BCUT2D eigenvalue weighted by Crippen LogP contribution is 2.38. The molecule has 1 aliphatic rings. The molecular weight excluding hydrogens is 278 g/mol. The molecule has 1 amide bonds. The average molecular weight is 298 g/mol. The molecule has 1 aromatic rings. The van der Waals surface area contributed by atoms with Crippen LogP contribution < -0.4 is 14.8 Å². The van der Waals surface area contributed by atoms with Crippen LogP contribution in [0.4, 0.5) is 5.69 Å². The van der Waals surface area contributed by atoms with Crippen molar-refractivity contribution in [1.82, 2.24) is 0 Å². The Balaban J connectivity index is 2.27. The Morgan fingerprint density at radius 1 is 1.60 bits per heavy atom. The molecule has 110 valence electrons. The lowest BCUT2D eigenvalue weighted by Crippen LogP contribution is -2.21. The van der Waals surface area contributed by atoms with Crippen molar-refractivity contribution in [3.05, 3.63) is 17.7 Å². The van der Waals surface area contributed by atoms with Crippen molar-refractivity contribution in [2.45, 2.75) is 33.3 Å². The van der Waals surface area contributed by atoms with Crippen molar-refractivity contribution in [1.29, 1.82) is 0 Å². The first-order valence-electron chi connectivity index (χ1n) is 6.88. The predicted octanol–water partition coefficient (Wildman–Crippen LogP) is 3.22. The molecule has 0 saturated carbocycles. The number of benzene rings is 1. The van der Waals surface area contributed by atoms with Crippen molar-refractivity contribution in [3.63, 3.8) is 0 Å². The van der Waals surface area contributed by atoms with Crippen molar-refractivity contribution in [3.8, 4) is 11.5 Å². The molecule has 2 atom stereocenters. The third kappa shape index (κ3) is 3.18. The Bertz CT molecular complexity index is 504. The molecule has 0 fully saturated rings. The standard InChI is InChI=1S/C15H20ClNO3/c1-4-19-14-6-11-5-10(3)20-13(11)7-12(14)17-15(18)9(2)8-16/h6-7,9-10H,4-5,8H2,1-3H3,(H,17,18). The van der Waals surface area contributed by atoms with Crippen molar-refractivity contribution < 1.29 is 14.3 Å². The van der Waals surface area contributed by atoms with Gasteiger partial charge < -0.3 is 14.8 Å². The number of anilines is 1. The Hall–Kier alpha value is -1.42. The van der Waals surface area contributed by atoms with E-state index in [4.69, 9.17) is 21.1 Å². The Kier molecular flexibility index (Phi) is 4.76. The summed E-state index contributed by atoms with van der Waals surface area (Å²) >= 11 is 5.71. The van der Waals surface area contributed by atoms with Crippen LogP contribution in [0.1, 0.15) is 26.3 Å². The summed E-state index contributed by atoms with van der Waals surface area (Å²) in [6, 6.07) is 3.78. The normalized spacial score (nSPS) is 18.1. The summed E-state index contributed by atoms with van der Waals surface area (Å²) in [7, 11) is 0.